The van der Waals surface area contributed by atoms with E-state index in [4.69, 9.17) is 5.73 Å². The molecule has 2 amide bonds. The molecule has 1 aromatic heterocycles. The van der Waals surface area contributed by atoms with E-state index >= 15 is 0 Å². The van der Waals surface area contributed by atoms with Crippen molar-refractivity contribution in [3.8, 4) is 0 Å². The number of nitrogens with two attached hydrogens (primary N) is 1. The summed E-state index contributed by atoms with van der Waals surface area (Å²) < 4.78 is 2.23. The highest BCUT2D eigenvalue weighted by molar-refractivity contribution is 5.91. The molecule has 8 heteroatoms. The van der Waals surface area contributed by atoms with E-state index in [0.717, 1.165) is 15.8 Å². The van der Waals surface area contributed by atoms with Crippen molar-refractivity contribution in [1.82, 2.24) is 19.2 Å². The molecule has 23 heavy (non-hydrogen) atoms. The Kier molecular flexibility index (Phi) is 3.73. The Balaban J connectivity index is 1.86. The van der Waals surface area contributed by atoms with Gasteiger partial charge in [-0.25, -0.2) is 9.48 Å². The first-order chi connectivity index (χ1) is 11.0. The summed E-state index contributed by atoms with van der Waals surface area (Å²) in [5.74, 6) is -0.945. The van der Waals surface area contributed by atoms with E-state index in [-0.39, 0.29) is 18.3 Å². The van der Waals surface area contributed by atoms with Crippen LogP contribution in [0.2, 0.25) is 0 Å². The Labute approximate surface area is 132 Å². The largest absolute Gasteiger partial charge is 0.368 e. The molecule has 1 aliphatic rings. The minimum absolute atomic E-state index is 0.0511. The highest BCUT2D eigenvalue weighted by Crippen LogP contribution is 2.13. The first-order valence-corrected chi connectivity index (χ1v) is 7.26. The number of aromatic nitrogens is 3. The van der Waals surface area contributed by atoms with Crippen molar-refractivity contribution in [2.75, 3.05) is 6.54 Å². The van der Waals surface area contributed by atoms with Crippen molar-refractivity contribution in [3.05, 3.63) is 51.7 Å². The molecule has 0 saturated heterocycles. The first kappa shape index (κ1) is 15.0. The lowest BCUT2D eigenvalue weighted by atomic mass is 10.1. The van der Waals surface area contributed by atoms with Crippen LogP contribution < -0.4 is 11.4 Å². The molecule has 0 bridgehead atoms. The zero-order valence-electron chi connectivity index (χ0n) is 12.7. The number of aryl methyl sites for hydroxylation is 1. The van der Waals surface area contributed by atoms with Gasteiger partial charge in [-0.1, -0.05) is 29.8 Å². The summed E-state index contributed by atoms with van der Waals surface area (Å²) in [6.07, 6.45) is 0. The van der Waals surface area contributed by atoms with Crippen molar-refractivity contribution in [2.45, 2.75) is 26.6 Å². The number of carbonyl (C=O) groups excluding carboxylic acids is 2. The molecule has 2 heterocycles. The van der Waals surface area contributed by atoms with Crippen molar-refractivity contribution >= 4 is 11.8 Å². The highest BCUT2D eigenvalue weighted by atomic mass is 16.2. The van der Waals surface area contributed by atoms with Crippen molar-refractivity contribution in [3.63, 3.8) is 0 Å². The lowest BCUT2D eigenvalue weighted by molar-refractivity contribution is -0.118. The van der Waals surface area contributed by atoms with Crippen LogP contribution >= 0.6 is 0 Å². The highest BCUT2D eigenvalue weighted by Gasteiger charge is 2.29. The summed E-state index contributed by atoms with van der Waals surface area (Å²) in [5.41, 5.74) is 6.74. The SMILES string of the molecule is Cc1cccc(CN2CCn3c(nn(CC(N)=O)c3=O)C2=O)c1. The van der Waals surface area contributed by atoms with Gasteiger partial charge in [-0.15, -0.1) is 5.10 Å². The topological polar surface area (TPSA) is 103 Å². The number of benzene rings is 1. The van der Waals surface area contributed by atoms with Crippen molar-refractivity contribution < 1.29 is 9.59 Å². The van der Waals surface area contributed by atoms with E-state index in [1.165, 1.54) is 4.57 Å². The molecule has 8 nitrogen and oxygen atoms in total. The quantitative estimate of drug-likeness (QED) is 0.821. The van der Waals surface area contributed by atoms with Gasteiger partial charge in [0.1, 0.15) is 6.54 Å². The maximum Gasteiger partial charge on any atom is 0.346 e. The summed E-state index contributed by atoms with van der Waals surface area (Å²) in [6.45, 7) is 2.89. The van der Waals surface area contributed by atoms with Crippen LogP contribution in [0.1, 0.15) is 21.7 Å². The number of primary amides is 1. The molecule has 0 aliphatic carbocycles. The molecule has 2 aromatic rings. The van der Waals surface area contributed by atoms with E-state index in [9.17, 15) is 14.4 Å². The van der Waals surface area contributed by atoms with E-state index in [1.54, 1.807) is 4.90 Å². The predicted octanol–water partition coefficient (Wildman–Crippen LogP) is -0.505. The summed E-state index contributed by atoms with van der Waals surface area (Å²) in [7, 11) is 0. The summed E-state index contributed by atoms with van der Waals surface area (Å²) in [4.78, 5) is 37.2. The van der Waals surface area contributed by atoms with Gasteiger partial charge in [0.05, 0.1) is 0 Å². The Morgan fingerprint density at radius 1 is 1.30 bits per heavy atom. The number of hydrogen-bond donors (Lipinski definition) is 1. The van der Waals surface area contributed by atoms with Gasteiger partial charge in [0.2, 0.25) is 11.7 Å². The van der Waals surface area contributed by atoms with Gasteiger partial charge in [-0.3, -0.25) is 14.2 Å². The number of nitrogens with zero attached hydrogens (tertiary/aromatic N) is 4. The molecule has 1 aromatic carbocycles. The predicted molar refractivity (Wildman–Crippen MR) is 81.6 cm³/mol. The fourth-order valence-corrected chi connectivity index (χ4v) is 2.70. The fraction of sp³-hybridized carbons (Fsp3) is 0.333. The van der Waals surface area contributed by atoms with E-state index in [2.05, 4.69) is 5.10 Å². The van der Waals surface area contributed by atoms with Gasteiger partial charge in [0, 0.05) is 19.6 Å². The third-order valence-electron chi connectivity index (χ3n) is 3.76. The molecular formula is C15H17N5O3. The summed E-state index contributed by atoms with van der Waals surface area (Å²) in [6, 6.07) is 7.90. The van der Waals surface area contributed by atoms with Gasteiger partial charge < -0.3 is 10.6 Å². The average Bonchev–Trinajstić information content (AvgIpc) is 2.79. The van der Waals surface area contributed by atoms with Crippen LogP contribution in [0.25, 0.3) is 0 Å². The smallest absolute Gasteiger partial charge is 0.346 e. The second-order valence-corrected chi connectivity index (χ2v) is 5.60. The zero-order chi connectivity index (χ0) is 16.6. The average molecular weight is 315 g/mol. The Morgan fingerprint density at radius 2 is 2.09 bits per heavy atom. The first-order valence-electron chi connectivity index (χ1n) is 7.26. The molecule has 0 atom stereocenters. The van der Waals surface area contributed by atoms with E-state index in [1.807, 2.05) is 31.2 Å². The molecule has 0 radical (unpaired) electrons. The lowest BCUT2D eigenvalue weighted by Gasteiger charge is -2.26. The maximum absolute atomic E-state index is 12.5. The molecule has 120 valence electrons. The summed E-state index contributed by atoms with van der Waals surface area (Å²) >= 11 is 0. The van der Waals surface area contributed by atoms with Crippen LogP contribution in [0, 0.1) is 6.92 Å². The zero-order valence-corrected chi connectivity index (χ0v) is 12.7. The Bertz CT molecular complexity index is 836. The summed E-state index contributed by atoms with van der Waals surface area (Å²) in [5, 5.41) is 3.96. The van der Waals surface area contributed by atoms with Crippen LogP contribution in [0.4, 0.5) is 0 Å². The molecule has 0 saturated carbocycles. The molecule has 0 fully saturated rings. The van der Waals surface area contributed by atoms with Gasteiger partial charge in [-0.05, 0) is 12.5 Å². The maximum atomic E-state index is 12.5. The third-order valence-corrected chi connectivity index (χ3v) is 3.76. The van der Waals surface area contributed by atoms with Crippen LogP contribution in [0.15, 0.2) is 29.1 Å². The number of hydrogen-bond acceptors (Lipinski definition) is 4. The van der Waals surface area contributed by atoms with Gasteiger partial charge in [0.15, 0.2) is 0 Å². The van der Waals surface area contributed by atoms with E-state index in [0.29, 0.717) is 19.6 Å². The van der Waals surface area contributed by atoms with Crippen molar-refractivity contribution in [1.29, 1.82) is 0 Å². The minimum atomic E-state index is -0.674. The monoisotopic (exact) mass is 315 g/mol. The van der Waals surface area contributed by atoms with Crippen LogP contribution in [-0.2, 0) is 24.4 Å². The number of fused-ring (bicyclic) bond motifs is 1. The second-order valence-electron chi connectivity index (χ2n) is 5.60. The normalized spacial score (nSPS) is 14.0. The van der Waals surface area contributed by atoms with Gasteiger partial charge in [-0.2, -0.15) is 0 Å². The minimum Gasteiger partial charge on any atom is -0.368 e. The standard InChI is InChI=1S/C15H17N5O3/c1-10-3-2-4-11(7-10)8-18-5-6-19-13(14(18)22)17-20(15(19)23)9-12(16)21/h2-4,7H,5-6,8-9H2,1H3,(H2,16,21). The third kappa shape index (κ3) is 2.87. The van der Waals surface area contributed by atoms with Crippen LogP contribution in [0.3, 0.4) is 0 Å². The van der Waals surface area contributed by atoms with Crippen molar-refractivity contribution in [2.24, 2.45) is 5.73 Å². The number of carbonyl (C=O) groups is 2. The Hall–Kier alpha value is -2.90. The molecule has 0 unspecified atom stereocenters. The second kappa shape index (κ2) is 5.71. The number of rotatable bonds is 4. The van der Waals surface area contributed by atoms with Gasteiger partial charge >= 0.3 is 5.69 Å². The van der Waals surface area contributed by atoms with Crippen LogP contribution in [0.5, 0.6) is 0 Å². The van der Waals surface area contributed by atoms with Gasteiger partial charge in [0.25, 0.3) is 5.91 Å². The fourth-order valence-electron chi connectivity index (χ4n) is 2.70. The lowest BCUT2D eigenvalue weighted by Crippen LogP contribution is -2.42. The molecule has 1 aliphatic heterocycles. The molecule has 2 N–H and O–H groups in total. The molecule has 0 spiro atoms. The Morgan fingerprint density at radius 3 is 2.78 bits per heavy atom. The number of amides is 2. The van der Waals surface area contributed by atoms with Crippen LogP contribution in [-0.4, -0.2) is 37.6 Å². The molecule has 3 rings (SSSR count). The molecular weight excluding hydrogens is 298 g/mol. The van der Waals surface area contributed by atoms with E-state index < -0.39 is 11.6 Å².